The first-order chi connectivity index (χ1) is 10.5. The van der Waals surface area contributed by atoms with E-state index in [2.05, 4.69) is 15.5 Å². The van der Waals surface area contributed by atoms with Crippen molar-refractivity contribution in [3.63, 3.8) is 0 Å². The van der Waals surface area contributed by atoms with Crippen LogP contribution in [0, 0.1) is 5.92 Å². The molecule has 1 aliphatic rings. The molecule has 1 atom stereocenters. The molecule has 1 aliphatic carbocycles. The van der Waals surface area contributed by atoms with E-state index in [1.807, 2.05) is 13.8 Å². The molecule has 2 rings (SSSR count). The van der Waals surface area contributed by atoms with Crippen molar-refractivity contribution in [1.29, 1.82) is 0 Å². The molecular weight excluding hydrogens is 286 g/mol. The van der Waals surface area contributed by atoms with Crippen molar-refractivity contribution in [3.05, 3.63) is 11.7 Å². The van der Waals surface area contributed by atoms with Gasteiger partial charge in [0, 0.05) is 18.8 Å². The number of amides is 1. The van der Waals surface area contributed by atoms with Crippen molar-refractivity contribution in [2.24, 2.45) is 5.92 Å². The number of aromatic nitrogens is 2. The second kappa shape index (κ2) is 7.38. The number of unbranched alkanes of at least 4 members (excludes halogenated alkanes) is 1. The number of hydrogen-bond acceptors (Lipinski definition) is 5. The van der Waals surface area contributed by atoms with Crippen LogP contribution in [0.4, 0.5) is 0 Å². The Hall–Kier alpha value is -1.92. The number of carboxylic acid groups (broad SMARTS) is 1. The van der Waals surface area contributed by atoms with E-state index in [-0.39, 0.29) is 24.3 Å². The summed E-state index contributed by atoms with van der Waals surface area (Å²) in [6, 6.07) is -0.299. The van der Waals surface area contributed by atoms with Crippen molar-refractivity contribution in [2.45, 2.75) is 64.3 Å². The average molecular weight is 309 g/mol. The van der Waals surface area contributed by atoms with Gasteiger partial charge in [-0.3, -0.25) is 9.59 Å². The first-order valence-electron chi connectivity index (χ1n) is 7.82. The van der Waals surface area contributed by atoms with Gasteiger partial charge in [-0.2, -0.15) is 4.98 Å². The molecule has 0 spiro atoms. The fourth-order valence-corrected chi connectivity index (χ4v) is 2.20. The Morgan fingerprint density at radius 3 is 2.59 bits per heavy atom. The van der Waals surface area contributed by atoms with E-state index in [1.54, 1.807) is 0 Å². The Balaban J connectivity index is 1.84. The van der Waals surface area contributed by atoms with E-state index in [0.717, 1.165) is 18.7 Å². The minimum absolute atomic E-state index is 0.0926. The van der Waals surface area contributed by atoms with Gasteiger partial charge in [-0.15, -0.1) is 0 Å². The molecular formula is C15H23N3O4. The second-order valence-electron chi connectivity index (χ2n) is 6.16. The molecule has 0 radical (unpaired) electrons. The van der Waals surface area contributed by atoms with Crippen LogP contribution in [-0.4, -0.2) is 27.1 Å². The number of carbonyl (C=O) groups excluding carboxylic acids is 1. The van der Waals surface area contributed by atoms with Gasteiger partial charge in [-0.25, -0.2) is 0 Å². The molecule has 1 saturated carbocycles. The van der Waals surface area contributed by atoms with Gasteiger partial charge >= 0.3 is 5.97 Å². The molecule has 1 unspecified atom stereocenters. The zero-order valence-electron chi connectivity index (χ0n) is 13.0. The summed E-state index contributed by atoms with van der Waals surface area (Å²) in [7, 11) is 0. The first kappa shape index (κ1) is 16.5. The standard InChI is InChI=1S/C15H23N3O4/c1-9(2)13(15-17-14(18-22-15)10-7-8-10)16-11(19)5-3-4-6-12(20)21/h9-10,13H,3-8H2,1-2H3,(H,16,19)(H,20,21). The fraction of sp³-hybridized carbons (Fsp3) is 0.733. The van der Waals surface area contributed by atoms with Gasteiger partial charge in [0.1, 0.15) is 6.04 Å². The molecule has 0 saturated heterocycles. The summed E-state index contributed by atoms with van der Waals surface area (Å²) in [6.07, 6.45) is 3.65. The van der Waals surface area contributed by atoms with Crippen LogP contribution >= 0.6 is 0 Å². The molecule has 0 aliphatic heterocycles. The minimum Gasteiger partial charge on any atom is -0.481 e. The first-order valence-corrected chi connectivity index (χ1v) is 7.82. The Labute approximate surface area is 129 Å². The highest BCUT2D eigenvalue weighted by Gasteiger charge is 2.31. The van der Waals surface area contributed by atoms with Gasteiger partial charge in [0.15, 0.2) is 5.82 Å². The third-order valence-corrected chi connectivity index (χ3v) is 3.69. The molecule has 7 heteroatoms. The lowest BCUT2D eigenvalue weighted by molar-refractivity contribution is -0.137. The number of hydrogen-bond donors (Lipinski definition) is 2. The molecule has 2 N–H and O–H groups in total. The largest absolute Gasteiger partial charge is 0.481 e. The fourth-order valence-electron chi connectivity index (χ4n) is 2.20. The molecule has 0 bridgehead atoms. The third-order valence-electron chi connectivity index (χ3n) is 3.69. The maximum atomic E-state index is 12.0. The highest BCUT2D eigenvalue weighted by atomic mass is 16.5. The van der Waals surface area contributed by atoms with Crippen LogP contribution in [0.15, 0.2) is 4.52 Å². The van der Waals surface area contributed by atoms with Gasteiger partial charge in [-0.1, -0.05) is 19.0 Å². The highest BCUT2D eigenvalue weighted by molar-refractivity contribution is 5.76. The normalized spacial score (nSPS) is 15.8. The molecule has 22 heavy (non-hydrogen) atoms. The van der Waals surface area contributed by atoms with Crippen LogP contribution in [0.3, 0.4) is 0 Å². The van der Waals surface area contributed by atoms with E-state index in [0.29, 0.717) is 31.1 Å². The summed E-state index contributed by atoms with van der Waals surface area (Å²) < 4.78 is 5.29. The summed E-state index contributed by atoms with van der Waals surface area (Å²) in [5.74, 6) is 0.786. The van der Waals surface area contributed by atoms with E-state index >= 15 is 0 Å². The third kappa shape index (κ3) is 4.82. The second-order valence-corrected chi connectivity index (χ2v) is 6.16. The summed E-state index contributed by atoms with van der Waals surface area (Å²) in [6.45, 7) is 3.97. The molecule has 1 amide bonds. The van der Waals surface area contributed by atoms with E-state index in [4.69, 9.17) is 9.63 Å². The van der Waals surface area contributed by atoms with Gasteiger partial charge in [0.05, 0.1) is 0 Å². The molecule has 122 valence electrons. The Morgan fingerprint density at radius 2 is 2.00 bits per heavy atom. The smallest absolute Gasteiger partial charge is 0.303 e. The van der Waals surface area contributed by atoms with Crippen molar-refractivity contribution in [3.8, 4) is 0 Å². The maximum Gasteiger partial charge on any atom is 0.303 e. The molecule has 1 heterocycles. The predicted molar refractivity (Wildman–Crippen MR) is 78.1 cm³/mol. The monoisotopic (exact) mass is 309 g/mol. The summed E-state index contributed by atoms with van der Waals surface area (Å²) in [5.41, 5.74) is 0. The van der Waals surface area contributed by atoms with Crippen molar-refractivity contribution in [2.75, 3.05) is 0 Å². The van der Waals surface area contributed by atoms with E-state index in [1.165, 1.54) is 0 Å². The molecule has 1 fully saturated rings. The van der Waals surface area contributed by atoms with Gasteiger partial charge in [0.25, 0.3) is 0 Å². The number of carbonyl (C=O) groups is 2. The molecule has 0 aromatic carbocycles. The van der Waals surface area contributed by atoms with E-state index < -0.39 is 5.97 Å². The predicted octanol–water partition coefficient (Wildman–Crippen LogP) is 2.41. The summed E-state index contributed by atoms with van der Waals surface area (Å²) in [4.78, 5) is 26.8. The minimum atomic E-state index is -0.834. The van der Waals surface area contributed by atoms with Crippen molar-refractivity contribution < 1.29 is 19.2 Å². The molecule has 7 nitrogen and oxygen atoms in total. The Bertz CT molecular complexity index is 523. The zero-order chi connectivity index (χ0) is 16.1. The number of rotatable bonds is 9. The maximum absolute atomic E-state index is 12.0. The number of aliphatic carboxylic acids is 1. The van der Waals surface area contributed by atoms with Gasteiger partial charge in [-0.05, 0) is 31.6 Å². The van der Waals surface area contributed by atoms with Crippen LogP contribution in [0.1, 0.15) is 76.0 Å². The summed E-state index contributed by atoms with van der Waals surface area (Å²) >= 11 is 0. The summed E-state index contributed by atoms with van der Waals surface area (Å²) in [5, 5.41) is 15.5. The van der Waals surface area contributed by atoms with Crippen LogP contribution in [-0.2, 0) is 9.59 Å². The lowest BCUT2D eigenvalue weighted by atomic mass is 10.0. The quantitative estimate of drug-likeness (QED) is 0.679. The van der Waals surface area contributed by atoms with Crippen molar-refractivity contribution in [1.82, 2.24) is 15.5 Å². The average Bonchev–Trinajstić information content (AvgIpc) is 3.19. The Kier molecular flexibility index (Phi) is 5.51. The van der Waals surface area contributed by atoms with E-state index in [9.17, 15) is 9.59 Å². The SMILES string of the molecule is CC(C)C(NC(=O)CCCCC(=O)O)c1nc(C2CC2)no1. The van der Waals surface area contributed by atoms with Crippen LogP contribution in [0.2, 0.25) is 0 Å². The number of carboxylic acids is 1. The van der Waals surface area contributed by atoms with Crippen LogP contribution in [0.25, 0.3) is 0 Å². The number of nitrogens with one attached hydrogen (secondary N) is 1. The molecule has 1 aromatic rings. The van der Waals surface area contributed by atoms with Crippen molar-refractivity contribution >= 4 is 11.9 Å². The van der Waals surface area contributed by atoms with Gasteiger partial charge in [0.2, 0.25) is 11.8 Å². The topological polar surface area (TPSA) is 105 Å². The highest BCUT2D eigenvalue weighted by Crippen LogP contribution is 2.38. The van der Waals surface area contributed by atoms with Gasteiger partial charge < -0.3 is 14.9 Å². The lowest BCUT2D eigenvalue weighted by Crippen LogP contribution is -2.31. The van der Waals surface area contributed by atoms with Crippen LogP contribution in [0.5, 0.6) is 0 Å². The van der Waals surface area contributed by atoms with Crippen LogP contribution < -0.4 is 5.32 Å². The molecule has 1 aromatic heterocycles. The number of nitrogens with zero attached hydrogens (tertiary/aromatic N) is 2. The Morgan fingerprint density at radius 1 is 1.32 bits per heavy atom. The zero-order valence-corrected chi connectivity index (χ0v) is 13.0. The lowest BCUT2D eigenvalue weighted by Gasteiger charge is -2.18.